The average Bonchev–Trinajstić information content (AvgIpc) is 2.39. The topological polar surface area (TPSA) is 63.4 Å². The molecule has 1 atom stereocenters. The zero-order valence-corrected chi connectivity index (χ0v) is 11.8. The van der Waals surface area contributed by atoms with E-state index in [0.717, 1.165) is 19.3 Å². The molecule has 2 N–H and O–H groups in total. The van der Waals surface area contributed by atoms with Gasteiger partial charge < -0.3 is 5.73 Å². The molecule has 19 heavy (non-hydrogen) atoms. The van der Waals surface area contributed by atoms with Crippen LogP contribution in [0.1, 0.15) is 31.7 Å². The Labute approximate surface area is 113 Å². The number of rotatable bonds is 3. The van der Waals surface area contributed by atoms with Gasteiger partial charge in [0.1, 0.15) is 5.82 Å². The Bertz CT molecular complexity index is 560. The van der Waals surface area contributed by atoms with Crippen molar-refractivity contribution in [2.45, 2.75) is 43.7 Å². The molecule has 4 nitrogen and oxygen atoms in total. The van der Waals surface area contributed by atoms with E-state index in [1.54, 1.807) is 0 Å². The maximum atomic E-state index is 13.4. The second-order valence-electron chi connectivity index (χ2n) is 4.92. The average molecular weight is 286 g/mol. The van der Waals surface area contributed by atoms with E-state index < -0.39 is 15.8 Å². The minimum Gasteiger partial charge on any atom is -0.326 e. The van der Waals surface area contributed by atoms with E-state index in [4.69, 9.17) is 5.73 Å². The first-order valence-electron chi connectivity index (χ1n) is 6.47. The lowest BCUT2D eigenvalue weighted by molar-refractivity contribution is 0.268. The van der Waals surface area contributed by atoms with Crippen molar-refractivity contribution in [3.05, 3.63) is 29.6 Å². The Kier molecular flexibility index (Phi) is 4.23. The summed E-state index contributed by atoms with van der Waals surface area (Å²) in [6.07, 6.45) is 2.78. The second-order valence-corrected chi connectivity index (χ2v) is 6.81. The highest BCUT2D eigenvalue weighted by Gasteiger charge is 2.31. The van der Waals surface area contributed by atoms with Gasteiger partial charge in [-0.15, -0.1) is 0 Å². The molecule has 0 bridgehead atoms. The number of benzene rings is 1. The number of halogens is 1. The van der Waals surface area contributed by atoms with E-state index in [1.165, 1.54) is 22.5 Å². The van der Waals surface area contributed by atoms with Gasteiger partial charge in [-0.1, -0.05) is 6.42 Å². The third-order valence-electron chi connectivity index (χ3n) is 3.59. The predicted octanol–water partition coefficient (Wildman–Crippen LogP) is 1.85. The van der Waals surface area contributed by atoms with Crippen LogP contribution in [-0.4, -0.2) is 25.3 Å². The summed E-state index contributed by atoms with van der Waals surface area (Å²) < 4.78 is 40.0. The summed E-state index contributed by atoms with van der Waals surface area (Å²) in [5, 5.41) is 0. The molecule has 0 amide bonds. The lowest BCUT2D eigenvalue weighted by atomic mass is 10.1. The summed E-state index contributed by atoms with van der Waals surface area (Å²) >= 11 is 0. The van der Waals surface area contributed by atoms with Crippen LogP contribution in [0.3, 0.4) is 0 Å². The Morgan fingerprint density at radius 3 is 2.79 bits per heavy atom. The van der Waals surface area contributed by atoms with Crippen LogP contribution >= 0.6 is 0 Å². The molecule has 0 aromatic heterocycles. The van der Waals surface area contributed by atoms with Gasteiger partial charge in [0.2, 0.25) is 10.0 Å². The maximum Gasteiger partial charge on any atom is 0.243 e. The lowest BCUT2D eigenvalue weighted by Crippen LogP contribution is -2.41. The van der Waals surface area contributed by atoms with Crippen molar-refractivity contribution >= 4 is 10.0 Å². The highest BCUT2D eigenvalue weighted by atomic mass is 32.2. The second kappa shape index (κ2) is 5.56. The van der Waals surface area contributed by atoms with Crippen LogP contribution in [0.2, 0.25) is 0 Å². The molecule has 6 heteroatoms. The van der Waals surface area contributed by atoms with E-state index >= 15 is 0 Å². The minimum atomic E-state index is -3.55. The summed E-state index contributed by atoms with van der Waals surface area (Å²) in [4.78, 5) is 0.128. The molecule has 1 aromatic rings. The molecule has 2 rings (SSSR count). The van der Waals surface area contributed by atoms with Gasteiger partial charge in [0.05, 0.1) is 4.90 Å². The SMILES string of the molecule is CC1CCCCN1S(=O)(=O)c1ccc(F)c(CN)c1. The maximum absolute atomic E-state index is 13.4. The molecule has 0 spiro atoms. The van der Waals surface area contributed by atoms with Crippen molar-refractivity contribution in [2.75, 3.05) is 6.54 Å². The van der Waals surface area contributed by atoms with Crippen molar-refractivity contribution in [3.63, 3.8) is 0 Å². The summed E-state index contributed by atoms with van der Waals surface area (Å²) in [6, 6.07) is 3.81. The lowest BCUT2D eigenvalue weighted by Gasteiger charge is -2.32. The number of nitrogens with two attached hydrogens (primary N) is 1. The van der Waals surface area contributed by atoms with E-state index in [2.05, 4.69) is 0 Å². The molecule has 1 unspecified atom stereocenters. The Morgan fingerprint density at radius 1 is 1.42 bits per heavy atom. The molecule has 1 saturated heterocycles. The van der Waals surface area contributed by atoms with Crippen molar-refractivity contribution < 1.29 is 12.8 Å². The first kappa shape index (κ1) is 14.4. The van der Waals surface area contributed by atoms with Gasteiger partial charge in [-0.3, -0.25) is 0 Å². The normalized spacial score (nSPS) is 21.5. The van der Waals surface area contributed by atoms with Crippen molar-refractivity contribution in [2.24, 2.45) is 5.73 Å². The highest BCUT2D eigenvalue weighted by Crippen LogP contribution is 2.26. The molecule has 1 aromatic carbocycles. The first-order valence-corrected chi connectivity index (χ1v) is 7.91. The van der Waals surface area contributed by atoms with E-state index in [0.29, 0.717) is 6.54 Å². The highest BCUT2D eigenvalue weighted by molar-refractivity contribution is 7.89. The van der Waals surface area contributed by atoms with Crippen LogP contribution in [0.15, 0.2) is 23.1 Å². The van der Waals surface area contributed by atoms with E-state index in [9.17, 15) is 12.8 Å². The summed E-state index contributed by atoms with van der Waals surface area (Å²) in [7, 11) is -3.55. The van der Waals surface area contributed by atoms with Crippen molar-refractivity contribution in [1.29, 1.82) is 0 Å². The number of piperidine rings is 1. The fraction of sp³-hybridized carbons (Fsp3) is 0.538. The van der Waals surface area contributed by atoms with Crippen molar-refractivity contribution in [1.82, 2.24) is 4.31 Å². The molecule has 0 aliphatic carbocycles. The van der Waals surface area contributed by atoms with Gasteiger partial charge in [-0.05, 0) is 38.0 Å². The Balaban J connectivity index is 2.38. The molecular formula is C13H19FN2O2S. The number of hydrogen-bond donors (Lipinski definition) is 1. The van der Waals surface area contributed by atoms with Crippen LogP contribution in [0.5, 0.6) is 0 Å². The number of sulfonamides is 1. The minimum absolute atomic E-state index is 0.00914. The molecule has 0 saturated carbocycles. The molecular weight excluding hydrogens is 267 g/mol. The monoisotopic (exact) mass is 286 g/mol. The van der Waals surface area contributed by atoms with Gasteiger partial charge in [0.25, 0.3) is 0 Å². The molecule has 1 heterocycles. The summed E-state index contributed by atoms with van der Waals surface area (Å²) in [5.41, 5.74) is 5.65. The fourth-order valence-electron chi connectivity index (χ4n) is 2.43. The van der Waals surface area contributed by atoms with Gasteiger partial charge in [0, 0.05) is 24.7 Å². The summed E-state index contributed by atoms with van der Waals surface area (Å²) in [6.45, 7) is 2.42. The number of nitrogens with zero attached hydrogens (tertiary/aromatic N) is 1. The summed E-state index contributed by atoms with van der Waals surface area (Å²) in [5.74, 6) is -0.465. The van der Waals surface area contributed by atoms with Crippen LogP contribution < -0.4 is 5.73 Å². The predicted molar refractivity (Wildman–Crippen MR) is 71.5 cm³/mol. The third kappa shape index (κ3) is 2.80. The molecule has 1 aliphatic rings. The van der Waals surface area contributed by atoms with Gasteiger partial charge in [-0.25, -0.2) is 12.8 Å². The molecule has 106 valence electrons. The van der Waals surface area contributed by atoms with Gasteiger partial charge in [-0.2, -0.15) is 4.31 Å². The molecule has 1 aliphatic heterocycles. The van der Waals surface area contributed by atoms with Crippen LogP contribution in [0, 0.1) is 5.82 Å². The van der Waals surface area contributed by atoms with Gasteiger partial charge in [0.15, 0.2) is 0 Å². The smallest absolute Gasteiger partial charge is 0.243 e. The largest absolute Gasteiger partial charge is 0.326 e. The first-order chi connectivity index (χ1) is 8.96. The van der Waals surface area contributed by atoms with Gasteiger partial charge >= 0.3 is 0 Å². The Morgan fingerprint density at radius 2 is 2.16 bits per heavy atom. The number of hydrogen-bond acceptors (Lipinski definition) is 3. The van der Waals surface area contributed by atoms with E-state index in [1.807, 2.05) is 6.92 Å². The zero-order valence-electron chi connectivity index (χ0n) is 11.0. The third-order valence-corrected chi connectivity index (χ3v) is 5.60. The van der Waals surface area contributed by atoms with Crippen LogP contribution in [-0.2, 0) is 16.6 Å². The Hall–Kier alpha value is -0.980. The van der Waals surface area contributed by atoms with Crippen LogP contribution in [0.25, 0.3) is 0 Å². The molecule has 1 fully saturated rings. The van der Waals surface area contributed by atoms with Crippen LogP contribution in [0.4, 0.5) is 4.39 Å². The quantitative estimate of drug-likeness (QED) is 0.922. The van der Waals surface area contributed by atoms with Crippen molar-refractivity contribution in [3.8, 4) is 0 Å². The zero-order chi connectivity index (χ0) is 14.0. The fourth-order valence-corrected chi connectivity index (χ4v) is 4.18. The van der Waals surface area contributed by atoms with E-state index in [-0.39, 0.29) is 23.0 Å². The standard InChI is InChI=1S/C13H19FN2O2S/c1-10-4-2-3-7-16(10)19(17,18)12-5-6-13(14)11(8-12)9-15/h5-6,8,10H,2-4,7,9,15H2,1H3. The molecule has 0 radical (unpaired) electrons.